The minimum absolute atomic E-state index is 0.145. The molecule has 0 saturated heterocycles. The fourth-order valence-corrected chi connectivity index (χ4v) is 1.00. The van der Waals surface area contributed by atoms with Gasteiger partial charge in [0, 0.05) is 0 Å². The van der Waals surface area contributed by atoms with Gasteiger partial charge in [0.2, 0.25) is 0 Å². The average molecular weight is 134 g/mol. The quantitative estimate of drug-likeness (QED) is 0.515. The molecular weight excluding hydrogens is 123 g/mol. The van der Waals surface area contributed by atoms with E-state index in [9.17, 15) is 4.79 Å². The number of rotatable bonds is 2. The van der Waals surface area contributed by atoms with Crippen molar-refractivity contribution < 1.29 is 4.79 Å². The number of Topliss-reactive ketones (excluding diaryl/α,β-unsaturated/α-hetero) is 1. The van der Waals surface area contributed by atoms with Crippen molar-refractivity contribution in [2.75, 3.05) is 0 Å². The molecular formula is C8H11BO. The molecule has 0 radical (unpaired) electrons. The van der Waals surface area contributed by atoms with E-state index in [4.69, 9.17) is 0 Å². The molecule has 0 aromatic carbocycles. The molecule has 1 rings (SSSR count). The van der Waals surface area contributed by atoms with Crippen LogP contribution in [0.5, 0.6) is 0 Å². The summed E-state index contributed by atoms with van der Waals surface area (Å²) in [6.45, 7) is 5.77. The van der Waals surface area contributed by atoms with E-state index in [1.165, 1.54) is 0 Å². The summed E-state index contributed by atoms with van der Waals surface area (Å²) < 4.78 is 0. The summed E-state index contributed by atoms with van der Waals surface area (Å²) in [7, 11) is 0. The van der Waals surface area contributed by atoms with Gasteiger partial charge in [0.05, 0.1) is 0 Å². The van der Waals surface area contributed by atoms with Crippen molar-refractivity contribution in [3.63, 3.8) is 0 Å². The first kappa shape index (κ1) is 7.45. The third-order valence-electron chi connectivity index (χ3n) is 1.61. The SMILES string of the molecule is CC(C)C(=O)C1=BC=CC1. The van der Waals surface area contributed by atoms with Crippen LogP contribution in [0.2, 0.25) is 0 Å². The molecule has 0 amide bonds. The van der Waals surface area contributed by atoms with E-state index in [2.05, 4.69) is 0 Å². The molecule has 0 fully saturated rings. The first-order valence-corrected chi connectivity index (χ1v) is 3.61. The van der Waals surface area contributed by atoms with E-state index in [1.807, 2.05) is 32.8 Å². The molecule has 0 aromatic heterocycles. The first-order chi connectivity index (χ1) is 4.72. The maximum absolute atomic E-state index is 11.2. The number of allylic oxidation sites excluding steroid dienone is 1. The minimum atomic E-state index is 0.145. The van der Waals surface area contributed by atoms with Gasteiger partial charge in [0.1, 0.15) is 0 Å². The Morgan fingerprint density at radius 1 is 1.70 bits per heavy atom. The van der Waals surface area contributed by atoms with Crippen LogP contribution in [-0.2, 0) is 4.79 Å². The van der Waals surface area contributed by atoms with Crippen LogP contribution in [0.3, 0.4) is 0 Å². The molecule has 0 bridgehead atoms. The van der Waals surface area contributed by atoms with E-state index in [0.717, 1.165) is 11.9 Å². The summed E-state index contributed by atoms with van der Waals surface area (Å²) in [6.07, 6.45) is 2.84. The topological polar surface area (TPSA) is 17.1 Å². The van der Waals surface area contributed by atoms with E-state index in [-0.39, 0.29) is 11.7 Å². The Labute approximate surface area is 62.0 Å². The Hall–Kier alpha value is -0.655. The molecule has 1 nitrogen and oxygen atoms in total. The monoisotopic (exact) mass is 134 g/mol. The normalized spacial score (nSPS) is 15.3. The fourth-order valence-electron chi connectivity index (χ4n) is 1.00. The Kier molecular flexibility index (Phi) is 2.20. The summed E-state index contributed by atoms with van der Waals surface area (Å²) in [5.41, 5.74) is 0.954. The molecule has 1 aliphatic heterocycles. The number of hydrogen-bond acceptors (Lipinski definition) is 1. The van der Waals surface area contributed by atoms with Gasteiger partial charge < -0.3 is 0 Å². The summed E-state index contributed by atoms with van der Waals surface area (Å²) >= 11 is 0. The molecule has 0 saturated carbocycles. The van der Waals surface area contributed by atoms with Gasteiger partial charge in [0.25, 0.3) is 0 Å². The summed E-state index contributed by atoms with van der Waals surface area (Å²) in [5.74, 6) is 2.37. The predicted octanol–water partition coefficient (Wildman–Crippen LogP) is 1.01. The number of hydrogen-bond donors (Lipinski definition) is 0. The zero-order chi connectivity index (χ0) is 7.56. The Bertz CT molecular complexity index is 201. The van der Waals surface area contributed by atoms with E-state index < -0.39 is 0 Å². The van der Waals surface area contributed by atoms with E-state index in [1.54, 1.807) is 0 Å². The molecule has 52 valence electrons. The van der Waals surface area contributed by atoms with Crippen LogP contribution in [0.4, 0.5) is 0 Å². The van der Waals surface area contributed by atoms with Gasteiger partial charge in [-0.05, 0) is 0 Å². The molecule has 0 atom stereocenters. The van der Waals surface area contributed by atoms with E-state index in [0.29, 0.717) is 0 Å². The molecule has 0 aromatic rings. The molecule has 1 aliphatic rings. The van der Waals surface area contributed by atoms with Crippen molar-refractivity contribution >= 4 is 18.2 Å². The number of carbonyl (C=O) groups excluding carboxylic acids is 1. The van der Waals surface area contributed by atoms with Crippen molar-refractivity contribution in [3.05, 3.63) is 12.1 Å². The Morgan fingerprint density at radius 2 is 2.40 bits per heavy atom. The van der Waals surface area contributed by atoms with Crippen LogP contribution in [-0.4, -0.2) is 18.2 Å². The molecule has 10 heavy (non-hydrogen) atoms. The van der Waals surface area contributed by atoms with Crippen LogP contribution < -0.4 is 0 Å². The van der Waals surface area contributed by atoms with Crippen molar-refractivity contribution in [1.82, 2.24) is 0 Å². The molecule has 0 aliphatic carbocycles. The second-order valence-electron chi connectivity index (χ2n) is 2.84. The van der Waals surface area contributed by atoms with Gasteiger partial charge >= 0.3 is 61.2 Å². The van der Waals surface area contributed by atoms with Gasteiger partial charge in [-0.15, -0.1) is 0 Å². The van der Waals surface area contributed by atoms with Crippen LogP contribution in [0.25, 0.3) is 0 Å². The third-order valence-corrected chi connectivity index (χ3v) is 1.61. The average Bonchev–Trinajstić information content (AvgIpc) is 2.36. The molecule has 0 unspecified atom stereocenters. The van der Waals surface area contributed by atoms with Crippen molar-refractivity contribution in [3.8, 4) is 0 Å². The standard InChI is InChI=1S/C8H11BO/c1-6(2)8(10)7-4-3-5-9-7/h3,5-6H,4H2,1-2H3. The molecule has 1 heterocycles. The van der Waals surface area contributed by atoms with Crippen LogP contribution in [0, 0.1) is 5.92 Å². The molecule has 0 spiro atoms. The molecule has 2 heteroatoms. The van der Waals surface area contributed by atoms with E-state index >= 15 is 0 Å². The van der Waals surface area contributed by atoms with Crippen LogP contribution in [0.15, 0.2) is 12.1 Å². The second-order valence-corrected chi connectivity index (χ2v) is 2.84. The summed E-state index contributed by atoms with van der Waals surface area (Å²) in [6, 6.07) is 0. The summed E-state index contributed by atoms with van der Waals surface area (Å²) in [5, 5.41) is 0. The van der Waals surface area contributed by atoms with Crippen molar-refractivity contribution in [2.24, 2.45) is 5.92 Å². The van der Waals surface area contributed by atoms with Gasteiger partial charge in [0.15, 0.2) is 0 Å². The van der Waals surface area contributed by atoms with Gasteiger partial charge in [-0.3, -0.25) is 0 Å². The van der Waals surface area contributed by atoms with Gasteiger partial charge in [-0.2, -0.15) is 0 Å². The third kappa shape index (κ3) is 1.44. The number of ketones is 1. The first-order valence-electron chi connectivity index (χ1n) is 3.61. The fraction of sp³-hybridized carbons (Fsp3) is 0.500. The van der Waals surface area contributed by atoms with Crippen LogP contribution >= 0.6 is 0 Å². The predicted molar refractivity (Wildman–Crippen MR) is 44.4 cm³/mol. The second kappa shape index (κ2) is 2.95. The maximum atomic E-state index is 11.2. The zero-order valence-electron chi connectivity index (χ0n) is 6.42. The zero-order valence-corrected chi connectivity index (χ0v) is 6.42. The number of carbonyl (C=O) groups is 1. The summed E-state index contributed by atoms with van der Waals surface area (Å²) in [4.78, 5) is 11.2. The van der Waals surface area contributed by atoms with Gasteiger partial charge in [-0.25, -0.2) is 0 Å². The van der Waals surface area contributed by atoms with Crippen molar-refractivity contribution in [1.29, 1.82) is 0 Å². The van der Waals surface area contributed by atoms with Crippen LogP contribution in [0.1, 0.15) is 20.3 Å². The molecule has 0 N–H and O–H groups in total. The Balaban J connectivity index is 2.59. The van der Waals surface area contributed by atoms with Crippen molar-refractivity contribution in [2.45, 2.75) is 20.3 Å². The van der Waals surface area contributed by atoms with Gasteiger partial charge in [-0.1, -0.05) is 0 Å². The Morgan fingerprint density at radius 3 is 2.80 bits per heavy atom.